The van der Waals surface area contributed by atoms with Crippen LogP contribution < -0.4 is 10.2 Å². The van der Waals surface area contributed by atoms with Gasteiger partial charge in [-0.2, -0.15) is 0 Å². The summed E-state index contributed by atoms with van der Waals surface area (Å²) < 4.78 is 21.4. The molecule has 0 radical (unpaired) electrons. The molecule has 0 aromatic heterocycles. The van der Waals surface area contributed by atoms with E-state index in [1.54, 1.807) is 25.3 Å². The Morgan fingerprint density at radius 1 is 1.23 bits per heavy atom. The van der Waals surface area contributed by atoms with E-state index in [1.807, 2.05) is 13.8 Å². The van der Waals surface area contributed by atoms with E-state index >= 15 is 0 Å². The summed E-state index contributed by atoms with van der Waals surface area (Å²) in [7, 11) is 0.0000868. The largest absolute Gasteiger partial charge is 0.492 e. The van der Waals surface area contributed by atoms with E-state index in [0.717, 1.165) is 5.56 Å². The minimum Gasteiger partial charge on any atom is -0.492 e. The number of methoxy groups -OCH3 is 1. The average molecular weight is 312 g/mol. The topological polar surface area (TPSA) is 77.4 Å². The van der Waals surface area contributed by atoms with Crippen LogP contribution in [-0.2, 0) is 20.8 Å². The van der Waals surface area contributed by atoms with Crippen LogP contribution in [0.2, 0.25) is 0 Å². The summed E-state index contributed by atoms with van der Waals surface area (Å²) >= 11 is 0. The van der Waals surface area contributed by atoms with Gasteiger partial charge in [-0.1, -0.05) is 12.1 Å². The molecular weight excluding hydrogens is 287 g/mol. The van der Waals surface area contributed by atoms with Gasteiger partial charge in [0.1, 0.15) is 12.4 Å². The lowest BCUT2D eigenvalue weighted by Crippen LogP contribution is -2.32. The first kappa shape index (κ1) is 18.9. The molecule has 2 N–H and O–H groups in total. The van der Waals surface area contributed by atoms with Gasteiger partial charge in [0.2, 0.25) is 0 Å². The monoisotopic (exact) mass is 312 g/mol. The third kappa shape index (κ3) is 6.76. The SMILES string of the molecule is CCOC(C)COCc1ccc(B(O)O)c(OCCOC)c1. The van der Waals surface area contributed by atoms with Crippen LogP contribution in [0.4, 0.5) is 0 Å². The number of hydrogen-bond acceptors (Lipinski definition) is 6. The van der Waals surface area contributed by atoms with Gasteiger partial charge in [-0.05, 0) is 25.5 Å². The van der Waals surface area contributed by atoms with E-state index in [-0.39, 0.29) is 6.10 Å². The third-order valence-electron chi connectivity index (χ3n) is 2.97. The highest BCUT2D eigenvalue weighted by molar-refractivity contribution is 6.59. The molecule has 1 rings (SSSR count). The van der Waals surface area contributed by atoms with E-state index in [2.05, 4.69) is 0 Å². The molecule has 124 valence electrons. The molecule has 1 aromatic carbocycles. The van der Waals surface area contributed by atoms with Crippen molar-refractivity contribution in [1.29, 1.82) is 0 Å². The Hall–Kier alpha value is -1.12. The quantitative estimate of drug-likeness (QED) is 0.453. The van der Waals surface area contributed by atoms with Crippen molar-refractivity contribution in [3.8, 4) is 5.75 Å². The van der Waals surface area contributed by atoms with Gasteiger partial charge in [-0.25, -0.2) is 0 Å². The Kier molecular flexibility index (Phi) is 9.11. The molecule has 22 heavy (non-hydrogen) atoms. The second-order valence-electron chi connectivity index (χ2n) is 4.87. The molecule has 0 amide bonds. The average Bonchev–Trinajstić information content (AvgIpc) is 2.48. The van der Waals surface area contributed by atoms with Crippen LogP contribution >= 0.6 is 0 Å². The first-order valence-electron chi connectivity index (χ1n) is 7.38. The van der Waals surface area contributed by atoms with Crippen molar-refractivity contribution in [2.45, 2.75) is 26.6 Å². The third-order valence-corrected chi connectivity index (χ3v) is 2.97. The zero-order valence-electron chi connectivity index (χ0n) is 13.4. The van der Waals surface area contributed by atoms with Crippen LogP contribution in [-0.4, -0.2) is 56.8 Å². The molecule has 0 aliphatic rings. The van der Waals surface area contributed by atoms with Crippen molar-refractivity contribution in [2.24, 2.45) is 0 Å². The van der Waals surface area contributed by atoms with Crippen LogP contribution in [0.1, 0.15) is 19.4 Å². The van der Waals surface area contributed by atoms with Gasteiger partial charge in [-0.15, -0.1) is 0 Å². The van der Waals surface area contributed by atoms with E-state index in [4.69, 9.17) is 18.9 Å². The van der Waals surface area contributed by atoms with Gasteiger partial charge in [0.25, 0.3) is 0 Å². The summed E-state index contributed by atoms with van der Waals surface area (Å²) in [5.41, 5.74) is 1.21. The number of hydrogen-bond donors (Lipinski definition) is 2. The van der Waals surface area contributed by atoms with Crippen molar-refractivity contribution in [2.75, 3.05) is 33.5 Å². The van der Waals surface area contributed by atoms with E-state index in [0.29, 0.717) is 44.2 Å². The standard InChI is InChI=1S/C15H25BO6/c1-4-21-12(2)10-20-11-13-5-6-14(16(17)18)15(9-13)22-8-7-19-3/h5-6,9,12,17-18H,4,7-8,10-11H2,1-3H3. The van der Waals surface area contributed by atoms with Crippen molar-refractivity contribution < 1.29 is 29.0 Å². The van der Waals surface area contributed by atoms with Gasteiger partial charge in [0.05, 0.1) is 25.9 Å². The van der Waals surface area contributed by atoms with Crippen molar-refractivity contribution in [3.05, 3.63) is 23.8 Å². The highest BCUT2D eigenvalue weighted by atomic mass is 16.5. The van der Waals surface area contributed by atoms with E-state index in [1.165, 1.54) is 0 Å². The lowest BCUT2D eigenvalue weighted by atomic mass is 9.79. The molecule has 1 aromatic rings. The molecule has 0 saturated carbocycles. The normalized spacial score (nSPS) is 12.2. The Labute approximate surface area is 132 Å². The summed E-state index contributed by atoms with van der Waals surface area (Å²) in [6.45, 7) is 6.21. The lowest BCUT2D eigenvalue weighted by molar-refractivity contribution is -0.00716. The van der Waals surface area contributed by atoms with Crippen molar-refractivity contribution in [1.82, 2.24) is 0 Å². The Bertz CT molecular complexity index is 426. The van der Waals surface area contributed by atoms with Crippen LogP contribution in [0, 0.1) is 0 Å². The van der Waals surface area contributed by atoms with Crippen LogP contribution in [0.25, 0.3) is 0 Å². The molecule has 0 aliphatic carbocycles. The summed E-state index contributed by atoms with van der Waals surface area (Å²) in [6, 6.07) is 5.15. The van der Waals surface area contributed by atoms with Crippen LogP contribution in [0.5, 0.6) is 5.75 Å². The highest BCUT2D eigenvalue weighted by Crippen LogP contribution is 2.13. The first-order valence-corrected chi connectivity index (χ1v) is 7.38. The zero-order chi connectivity index (χ0) is 16.4. The number of benzene rings is 1. The predicted molar refractivity (Wildman–Crippen MR) is 84.4 cm³/mol. The summed E-state index contributed by atoms with van der Waals surface area (Å²) in [6.07, 6.45) is 0.0426. The fourth-order valence-electron chi connectivity index (χ4n) is 1.92. The minimum absolute atomic E-state index is 0.0426. The van der Waals surface area contributed by atoms with Gasteiger partial charge < -0.3 is 29.0 Å². The second-order valence-corrected chi connectivity index (χ2v) is 4.87. The Balaban J connectivity index is 2.61. The lowest BCUT2D eigenvalue weighted by Gasteiger charge is -2.14. The number of ether oxygens (including phenoxy) is 4. The summed E-state index contributed by atoms with van der Waals surface area (Å²) in [4.78, 5) is 0. The molecule has 0 heterocycles. The molecule has 0 fully saturated rings. The minimum atomic E-state index is -1.58. The molecule has 7 heteroatoms. The molecule has 0 saturated heterocycles. The van der Waals surface area contributed by atoms with Crippen molar-refractivity contribution in [3.63, 3.8) is 0 Å². The fourth-order valence-corrected chi connectivity index (χ4v) is 1.92. The Morgan fingerprint density at radius 2 is 2.00 bits per heavy atom. The fraction of sp³-hybridized carbons (Fsp3) is 0.600. The maximum absolute atomic E-state index is 9.36. The maximum Gasteiger partial charge on any atom is 0.492 e. The summed E-state index contributed by atoms with van der Waals surface area (Å²) in [5.74, 6) is 0.422. The first-order chi connectivity index (χ1) is 10.6. The molecule has 1 atom stereocenters. The van der Waals surface area contributed by atoms with E-state index in [9.17, 15) is 10.0 Å². The molecule has 1 unspecified atom stereocenters. The zero-order valence-corrected chi connectivity index (χ0v) is 13.4. The molecule has 0 spiro atoms. The van der Waals surface area contributed by atoms with Gasteiger partial charge in [0, 0.05) is 19.2 Å². The smallest absolute Gasteiger partial charge is 0.492 e. The molecular formula is C15H25BO6. The van der Waals surface area contributed by atoms with Crippen LogP contribution in [0.15, 0.2) is 18.2 Å². The maximum atomic E-state index is 9.36. The predicted octanol–water partition coefficient (Wildman–Crippen LogP) is 0.333. The highest BCUT2D eigenvalue weighted by Gasteiger charge is 2.17. The molecule has 0 bridgehead atoms. The van der Waals surface area contributed by atoms with Gasteiger partial charge in [-0.3, -0.25) is 0 Å². The van der Waals surface area contributed by atoms with Crippen LogP contribution in [0.3, 0.4) is 0 Å². The summed E-state index contributed by atoms with van der Waals surface area (Å²) in [5, 5.41) is 18.7. The van der Waals surface area contributed by atoms with Crippen molar-refractivity contribution >= 4 is 12.6 Å². The Morgan fingerprint density at radius 3 is 2.64 bits per heavy atom. The molecule has 6 nitrogen and oxygen atoms in total. The van der Waals surface area contributed by atoms with Gasteiger partial charge >= 0.3 is 7.12 Å². The second kappa shape index (κ2) is 10.6. The van der Waals surface area contributed by atoms with E-state index < -0.39 is 7.12 Å². The van der Waals surface area contributed by atoms with Gasteiger partial charge in [0.15, 0.2) is 0 Å². The number of rotatable bonds is 11. The molecule has 0 aliphatic heterocycles.